The van der Waals surface area contributed by atoms with E-state index >= 15 is 0 Å². The van der Waals surface area contributed by atoms with Gasteiger partial charge in [-0.2, -0.15) is 0 Å². The van der Waals surface area contributed by atoms with Crippen LogP contribution in [0.1, 0.15) is 12.0 Å². The summed E-state index contributed by atoms with van der Waals surface area (Å²) in [5.41, 5.74) is -0.548. The van der Waals surface area contributed by atoms with E-state index in [0.29, 0.717) is 11.3 Å². The number of para-hydroxylation sites is 1. The number of hydrogen-bond donors (Lipinski definition) is 0. The largest absolute Gasteiger partial charge is 0.467 e. The molecular weight excluding hydrogens is 546 g/mol. The molecule has 13 heteroatoms. The molecular formula is C26H25N3O8S2. The number of amidine groups is 1. The molecule has 1 aromatic carbocycles. The number of esters is 3. The number of carbonyl (C=O) groups excluding carboxylic acids is 3. The minimum atomic E-state index is -4.35. The maximum atomic E-state index is 14.1. The van der Waals surface area contributed by atoms with Crippen LogP contribution in [0.3, 0.4) is 0 Å². The van der Waals surface area contributed by atoms with Gasteiger partial charge in [-0.3, -0.25) is 0 Å². The molecule has 3 aliphatic rings. The lowest BCUT2D eigenvalue weighted by atomic mass is 9.69. The highest BCUT2D eigenvalue weighted by Gasteiger charge is 2.68. The second-order valence-corrected chi connectivity index (χ2v) is 12.0. The van der Waals surface area contributed by atoms with Crippen molar-refractivity contribution in [3.63, 3.8) is 0 Å². The number of nitrogens with zero attached hydrogens (tertiary/aromatic N) is 3. The molecule has 3 atom stereocenters. The van der Waals surface area contributed by atoms with Crippen molar-refractivity contribution in [1.29, 1.82) is 0 Å². The first-order valence-electron chi connectivity index (χ1n) is 11.8. The molecule has 5 rings (SSSR count). The lowest BCUT2D eigenvalue weighted by molar-refractivity contribution is -0.144. The van der Waals surface area contributed by atoms with Gasteiger partial charge in [0.15, 0.2) is 5.70 Å². The molecule has 0 radical (unpaired) electrons. The van der Waals surface area contributed by atoms with Crippen molar-refractivity contribution in [2.45, 2.75) is 28.1 Å². The molecule has 0 saturated carbocycles. The lowest BCUT2D eigenvalue weighted by Gasteiger charge is -2.40. The summed E-state index contributed by atoms with van der Waals surface area (Å²) >= 11 is 0.977. The number of rotatable bonds is 7. The summed E-state index contributed by atoms with van der Waals surface area (Å²) in [6.07, 6.45) is 1.52. The quantitative estimate of drug-likeness (QED) is 0.278. The topological polar surface area (TPSA) is 132 Å². The maximum absolute atomic E-state index is 14.1. The Hall–Kier alpha value is -3.97. The van der Waals surface area contributed by atoms with Gasteiger partial charge in [0.25, 0.3) is 10.0 Å². The van der Waals surface area contributed by atoms with Gasteiger partial charge in [0.2, 0.25) is 0 Å². The van der Waals surface area contributed by atoms with Gasteiger partial charge in [-0.05, 0) is 29.5 Å². The van der Waals surface area contributed by atoms with Gasteiger partial charge < -0.3 is 19.1 Å². The van der Waals surface area contributed by atoms with Crippen LogP contribution in [0.2, 0.25) is 0 Å². The molecule has 4 heterocycles. The zero-order valence-corrected chi connectivity index (χ0v) is 23.0. The number of anilines is 1. The molecule has 1 fully saturated rings. The number of hydrogen-bond acceptors (Lipinski definition) is 11. The second kappa shape index (κ2) is 9.65. The molecule has 2 aromatic rings. The van der Waals surface area contributed by atoms with Crippen molar-refractivity contribution in [3.8, 4) is 0 Å². The molecule has 3 aliphatic heterocycles. The summed E-state index contributed by atoms with van der Waals surface area (Å²) in [7, 11) is -0.882. The zero-order chi connectivity index (χ0) is 28.1. The molecule has 1 saturated heterocycles. The van der Waals surface area contributed by atoms with Gasteiger partial charge in [0.1, 0.15) is 16.1 Å². The Balaban J connectivity index is 1.91. The highest BCUT2D eigenvalue weighted by Crippen LogP contribution is 2.58. The number of ether oxygens (including phenoxy) is 3. The van der Waals surface area contributed by atoms with Crippen LogP contribution in [-0.4, -0.2) is 76.4 Å². The summed E-state index contributed by atoms with van der Waals surface area (Å²) < 4.78 is 44.2. The molecule has 0 aliphatic carbocycles. The molecule has 0 N–H and O–H groups in total. The first-order valence-corrected chi connectivity index (χ1v) is 14.1. The van der Waals surface area contributed by atoms with E-state index in [9.17, 15) is 22.8 Å². The standard InChI is InChI=1S/C26H25N3O8S2/c1-5-12-28-16-10-7-6-9-15(16)26-14-17(22(30)35-2)29(39(33,34)18-11-8-13-38-18)25(26)27-20(24(32)37-4)19(21(26)28)23(31)36-3/h5-11,13,17,21H,1,12,14H2,2-4H3/t17-,21-,26-/m0/s1. The molecule has 204 valence electrons. The fraction of sp³-hybridized carbons (Fsp3) is 0.308. The highest BCUT2D eigenvalue weighted by atomic mass is 32.2. The van der Waals surface area contributed by atoms with Crippen LogP contribution in [0.15, 0.2) is 74.9 Å². The Kier molecular flexibility index (Phi) is 6.59. The van der Waals surface area contributed by atoms with E-state index in [1.807, 2.05) is 11.0 Å². The van der Waals surface area contributed by atoms with Crippen LogP contribution < -0.4 is 4.90 Å². The minimum absolute atomic E-state index is 0.0238. The smallest absolute Gasteiger partial charge is 0.357 e. The fourth-order valence-corrected chi connectivity index (χ4v) is 8.52. The van der Waals surface area contributed by atoms with Gasteiger partial charge in [0, 0.05) is 12.2 Å². The van der Waals surface area contributed by atoms with E-state index in [-0.39, 0.29) is 28.6 Å². The lowest BCUT2D eigenvalue weighted by Crippen LogP contribution is -2.55. The Morgan fingerprint density at radius 1 is 1.10 bits per heavy atom. The first kappa shape index (κ1) is 26.6. The van der Waals surface area contributed by atoms with Crippen LogP contribution >= 0.6 is 11.3 Å². The third-order valence-electron chi connectivity index (χ3n) is 7.22. The Bertz CT molecular complexity index is 1550. The number of sulfonamides is 1. The van der Waals surface area contributed by atoms with Crippen LogP contribution in [0, 0.1) is 0 Å². The monoisotopic (exact) mass is 571 g/mol. The van der Waals surface area contributed by atoms with Gasteiger partial charge in [-0.15, -0.1) is 17.9 Å². The zero-order valence-electron chi connectivity index (χ0n) is 21.3. The summed E-state index contributed by atoms with van der Waals surface area (Å²) in [6.45, 7) is 4.08. The van der Waals surface area contributed by atoms with Crippen LogP contribution in [-0.2, 0) is 44.0 Å². The van der Waals surface area contributed by atoms with Crippen LogP contribution in [0.25, 0.3) is 0 Å². The van der Waals surface area contributed by atoms with Crippen molar-refractivity contribution in [2.75, 3.05) is 32.8 Å². The number of methoxy groups -OCH3 is 3. The van der Waals surface area contributed by atoms with Crippen LogP contribution in [0.4, 0.5) is 5.69 Å². The maximum Gasteiger partial charge on any atom is 0.357 e. The van der Waals surface area contributed by atoms with Crippen molar-refractivity contribution >= 4 is 50.8 Å². The molecule has 0 amide bonds. The first-order chi connectivity index (χ1) is 18.7. The number of fused-ring (bicyclic) bond motifs is 1. The van der Waals surface area contributed by atoms with Gasteiger partial charge in [-0.1, -0.05) is 30.3 Å². The summed E-state index contributed by atoms with van der Waals surface area (Å²) in [5, 5.41) is 1.60. The predicted octanol–water partition coefficient (Wildman–Crippen LogP) is 2.01. The SMILES string of the molecule is C=CCN1c2ccccc2[C@]23C[C@@H](C(=O)OC)N(S(=O)(=O)c4cccs4)C2=NC(C(=O)OC)=C(C(=O)OC)[C@H]13. The van der Waals surface area contributed by atoms with E-state index in [2.05, 4.69) is 11.6 Å². The summed E-state index contributed by atoms with van der Waals surface area (Å²) in [6, 6.07) is 7.88. The highest BCUT2D eigenvalue weighted by molar-refractivity contribution is 7.91. The second-order valence-electron chi connectivity index (χ2n) is 8.99. The van der Waals surface area contributed by atoms with E-state index in [1.54, 1.807) is 35.7 Å². The molecule has 11 nitrogen and oxygen atoms in total. The van der Waals surface area contributed by atoms with Gasteiger partial charge in [0.05, 0.1) is 38.4 Å². The molecule has 0 bridgehead atoms. The Labute approximate surface area is 229 Å². The Morgan fingerprint density at radius 3 is 2.44 bits per heavy atom. The van der Waals surface area contributed by atoms with Gasteiger partial charge >= 0.3 is 17.9 Å². The average Bonchev–Trinajstić information content (AvgIpc) is 3.67. The van der Waals surface area contributed by atoms with E-state index in [0.717, 1.165) is 22.8 Å². The van der Waals surface area contributed by atoms with E-state index in [1.165, 1.54) is 20.3 Å². The Morgan fingerprint density at radius 2 is 1.82 bits per heavy atom. The fourth-order valence-electron chi connectivity index (χ4n) is 5.81. The van der Waals surface area contributed by atoms with E-state index in [4.69, 9.17) is 14.2 Å². The third kappa shape index (κ3) is 3.63. The third-order valence-corrected chi connectivity index (χ3v) is 10.4. The summed E-state index contributed by atoms with van der Waals surface area (Å²) in [4.78, 5) is 46.0. The minimum Gasteiger partial charge on any atom is -0.467 e. The van der Waals surface area contributed by atoms with Crippen molar-refractivity contribution < 1.29 is 37.0 Å². The van der Waals surface area contributed by atoms with E-state index < -0.39 is 51.1 Å². The van der Waals surface area contributed by atoms with Gasteiger partial charge in [-0.25, -0.2) is 32.1 Å². The van der Waals surface area contributed by atoms with Crippen molar-refractivity contribution in [1.82, 2.24) is 4.31 Å². The molecule has 1 aromatic heterocycles. The number of benzene rings is 1. The summed E-state index contributed by atoms with van der Waals surface area (Å²) in [5.74, 6) is -2.68. The number of aliphatic imine (C=N–C) groups is 1. The van der Waals surface area contributed by atoms with Crippen LogP contribution in [0.5, 0.6) is 0 Å². The normalized spacial score (nSPS) is 23.4. The molecule has 0 unspecified atom stereocenters. The molecule has 39 heavy (non-hydrogen) atoms. The number of thiophene rings is 1. The molecule has 1 spiro atoms. The van der Waals surface area contributed by atoms with Crippen molar-refractivity contribution in [3.05, 3.63) is 71.3 Å². The number of carbonyl (C=O) groups is 3. The average molecular weight is 572 g/mol. The van der Waals surface area contributed by atoms with Crippen molar-refractivity contribution in [2.24, 2.45) is 4.99 Å². The predicted molar refractivity (Wildman–Crippen MR) is 142 cm³/mol.